The number of carbonyl (C=O) groups is 2. The smallest absolute Gasteiger partial charge is 0.270 e. The second-order valence-corrected chi connectivity index (χ2v) is 7.93. The Morgan fingerprint density at radius 2 is 1.86 bits per heavy atom. The van der Waals surface area contributed by atoms with E-state index in [-0.39, 0.29) is 16.7 Å². The minimum atomic E-state index is -0.500. The summed E-state index contributed by atoms with van der Waals surface area (Å²) in [6.07, 6.45) is 1.63. The molecule has 3 rings (SSSR count). The lowest BCUT2D eigenvalue weighted by atomic mass is 10.1. The Hall–Kier alpha value is -2.44. The SMILES string of the molecule is Cc1c(Cl)cccc1N1C(=O)/C(=C/c2cc(C)n(C(C)C)c2C)C(=O)NC1=S. The molecule has 7 heteroatoms. The zero-order chi connectivity index (χ0) is 20.7. The summed E-state index contributed by atoms with van der Waals surface area (Å²) in [7, 11) is 0. The maximum atomic E-state index is 13.2. The number of halogens is 1. The van der Waals surface area contributed by atoms with Crippen LogP contribution in [0.1, 0.15) is 42.4 Å². The van der Waals surface area contributed by atoms with Gasteiger partial charge in [0.2, 0.25) is 0 Å². The number of nitrogens with zero attached hydrogens (tertiary/aromatic N) is 2. The highest BCUT2D eigenvalue weighted by Gasteiger charge is 2.35. The van der Waals surface area contributed by atoms with E-state index in [2.05, 4.69) is 23.7 Å². The van der Waals surface area contributed by atoms with E-state index in [4.69, 9.17) is 23.8 Å². The first-order chi connectivity index (χ1) is 13.1. The van der Waals surface area contributed by atoms with E-state index >= 15 is 0 Å². The third kappa shape index (κ3) is 3.38. The van der Waals surface area contributed by atoms with Crippen molar-refractivity contribution in [3.05, 3.63) is 57.4 Å². The molecule has 0 aliphatic carbocycles. The van der Waals surface area contributed by atoms with Crippen molar-refractivity contribution in [2.45, 2.75) is 40.7 Å². The highest BCUT2D eigenvalue weighted by molar-refractivity contribution is 7.80. The maximum Gasteiger partial charge on any atom is 0.270 e. The van der Waals surface area contributed by atoms with Crippen molar-refractivity contribution >= 4 is 52.5 Å². The second-order valence-electron chi connectivity index (χ2n) is 7.13. The minimum Gasteiger partial charge on any atom is -0.346 e. The van der Waals surface area contributed by atoms with E-state index in [9.17, 15) is 9.59 Å². The monoisotopic (exact) mass is 415 g/mol. The summed E-state index contributed by atoms with van der Waals surface area (Å²) in [6.45, 7) is 9.99. The van der Waals surface area contributed by atoms with Crippen LogP contribution in [0.2, 0.25) is 5.02 Å². The van der Waals surface area contributed by atoms with Crippen molar-refractivity contribution in [3.8, 4) is 0 Å². The fraction of sp³-hybridized carbons (Fsp3) is 0.286. The number of hydrogen-bond donors (Lipinski definition) is 1. The number of hydrogen-bond acceptors (Lipinski definition) is 3. The van der Waals surface area contributed by atoms with Gasteiger partial charge in [-0.2, -0.15) is 0 Å². The summed E-state index contributed by atoms with van der Waals surface area (Å²) < 4.78 is 2.17. The number of thiocarbonyl (C=S) groups is 1. The van der Waals surface area contributed by atoms with Gasteiger partial charge in [-0.15, -0.1) is 0 Å². The zero-order valence-corrected chi connectivity index (χ0v) is 18.0. The molecule has 0 bridgehead atoms. The van der Waals surface area contributed by atoms with Gasteiger partial charge in [-0.1, -0.05) is 17.7 Å². The van der Waals surface area contributed by atoms with Crippen LogP contribution < -0.4 is 10.2 Å². The number of aryl methyl sites for hydroxylation is 1. The molecule has 5 nitrogen and oxygen atoms in total. The fourth-order valence-electron chi connectivity index (χ4n) is 3.61. The van der Waals surface area contributed by atoms with Crippen molar-refractivity contribution in [3.63, 3.8) is 0 Å². The van der Waals surface area contributed by atoms with E-state index in [0.29, 0.717) is 16.3 Å². The summed E-state index contributed by atoms with van der Waals surface area (Å²) >= 11 is 11.5. The predicted octanol–water partition coefficient (Wildman–Crippen LogP) is 4.48. The Kier molecular flexibility index (Phi) is 5.46. The van der Waals surface area contributed by atoms with Gasteiger partial charge in [0.1, 0.15) is 5.57 Å². The lowest BCUT2D eigenvalue weighted by molar-refractivity contribution is -0.122. The van der Waals surface area contributed by atoms with Crippen molar-refractivity contribution in [1.82, 2.24) is 9.88 Å². The molecule has 0 saturated carbocycles. The van der Waals surface area contributed by atoms with E-state index in [1.54, 1.807) is 24.3 Å². The summed E-state index contributed by atoms with van der Waals surface area (Å²) in [4.78, 5) is 27.1. The summed E-state index contributed by atoms with van der Waals surface area (Å²) in [5, 5.41) is 3.19. The van der Waals surface area contributed by atoms with Crippen LogP contribution >= 0.6 is 23.8 Å². The second kappa shape index (κ2) is 7.53. The largest absolute Gasteiger partial charge is 0.346 e. The number of rotatable bonds is 3. The average molecular weight is 416 g/mol. The predicted molar refractivity (Wildman–Crippen MR) is 117 cm³/mol. The number of benzene rings is 1. The molecule has 1 saturated heterocycles. The molecule has 146 valence electrons. The Bertz CT molecular complexity index is 1040. The van der Waals surface area contributed by atoms with Gasteiger partial charge >= 0.3 is 0 Å². The molecule has 1 aliphatic rings. The number of aromatic nitrogens is 1. The normalized spacial score (nSPS) is 16.3. The highest BCUT2D eigenvalue weighted by Crippen LogP contribution is 2.30. The topological polar surface area (TPSA) is 54.3 Å². The first-order valence-corrected chi connectivity index (χ1v) is 9.77. The van der Waals surface area contributed by atoms with Gasteiger partial charge in [0.25, 0.3) is 11.8 Å². The van der Waals surface area contributed by atoms with Crippen molar-refractivity contribution < 1.29 is 9.59 Å². The van der Waals surface area contributed by atoms with Crippen LogP contribution in [-0.4, -0.2) is 21.5 Å². The quantitative estimate of drug-likeness (QED) is 0.457. The number of anilines is 1. The Labute approximate surface area is 175 Å². The van der Waals surface area contributed by atoms with Gasteiger partial charge in [0, 0.05) is 22.5 Å². The molecule has 1 fully saturated rings. The Balaban J connectivity index is 2.10. The van der Waals surface area contributed by atoms with Crippen molar-refractivity contribution in [2.24, 2.45) is 0 Å². The van der Waals surface area contributed by atoms with Crippen LogP contribution in [0.15, 0.2) is 29.8 Å². The number of amides is 2. The van der Waals surface area contributed by atoms with Crippen LogP contribution in [0.3, 0.4) is 0 Å². The average Bonchev–Trinajstić information content (AvgIpc) is 2.88. The molecule has 1 N–H and O–H groups in total. The first-order valence-electron chi connectivity index (χ1n) is 8.98. The third-order valence-electron chi connectivity index (χ3n) is 4.92. The number of nitrogens with one attached hydrogen (secondary N) is 1. The maximum absolute atomic E-state index is 13.2. The fourth-order valence-corrected chi connectivity index (χ4v) is 4.06. The summed E-state index contributed by atoms with van der Waals surface area (Å²) in [5.74, 6) is -0.964. The Morgan fingerprint density at radius 3 is 2.46 bits per heavy atom. The molecular formula is C21H22ClN3O2S. The molecule has 1 aliphatic heterocycles. The first kappa shape index (κ1) is 20.3. The van der Waals surface area contributed by atoms with Gasteiger partial charge in [0.05, 0.1) is 5.69 Å². The molecule has 1 aromatic heterocycles. The summed E-state index contributed by atoms with van der Waals surface area (Å²) in [6, 6.07) is 7.50. The molecule has 28 heavy (non-hydrogen) atoms. The summed E-state index contributed by atoms with van der Waals surface area (Å²) in [5.41, 5.74) is 4.21. The molecule has 1 aromatic carbocycles. The molecule has 0 radical (unpaired) electrons. The van der Waals surface area contributed by atoms with Crippen LogP contribution in [0, 0.1) is 20.8 Å². The molecule has 0 atom stereocenters. The lowest BCUT2D eigenvalue weighted by Crippen LogP contribution is -2.54. The van der Waals surface area contributed by atoms with E-state index in [0.717, 1.165) is 17.0 Å². The van der Waals surface area contributed by atoms with Gasteiger partial charge in [-0.25, -0.2) is 0 Å². The van der Waals surface area contributed by atoms with E-state index < -0.39 is 11.8 Å². The number of carbonyl (C=O) groups excluding carboxylic acids is 2. The van der Waals surface area contributed by atoms with Crippen LogP contribution in [0.25, 0.3) is 6.08 Å². The van der Waals surface area contributed by atoms with Crippen LogP contribution in [-0.2, 0) is 9.59 Å². The van der Waals surface area contributed by atoms with E-state index in [1.165, 1.54) is 4.90 Å². The van der Waals surface area contributed by atoms with E-state index in [1.807, 2.05) is 26.8 Å². The molecule has 2 heterocycles. The van der Waals surface area contributed by atoms with Gasteiger partial charge in [0.15, 0.2) is 5.11 Å². The van der Waals surface area contributed by atoms with Crippen LogP contribution in [0.5, 0.6) is 0 Å². The van der Waals surface area contributed by atoms with Gasteiger partial charge in [-0.3, -0.25) is 19.8 Å². The van der Waals surface area contributed by atoms with Gasteiger partial charge in [-0.05, 0) is 82.2 Å². The van der Waals surface area contributed by atoms with Crippen LogP contribution in [0.4, 0.5) is 5.69 Å². The standard InChI is InChI=1S/C21H22ClN3O2S/c1-11(2)24-12(3)9-15(14(24)5)10-16-19(26)23-21(28)25(20(16)27)18-8-6-7-17(22)13(18)4/h6-11H,1-5H3,(H,23,26,28)/b16-10+. The molecular weight excluding hydrogens is 394 g/mol. The lowest BCUT2D eigenvalue weighted by Gasteiger charge is -2.30. The molecule has 0 unspecified atom stereocenters. The Morgan fingerprint density at radius 1 is 1.18 bits per heavy atom. The molecule has 2 amide bonds. The van der Waals surface area contributed by atoms with Crippen molar-refractivity contribution in [2.75, 3.05) is 4.90 Å². The van der Waals surface area contributed by atoms with Gasteiger partial charge < -0.3 is 4.57 Å². The third-order valence-corrected chi connectivity index (χ3v) is 5.62. The van der Waals surface area contributed by atoms with Crippen molar-refractivity contribution in [1.29, 1.82) is 0 Å². The zero-order valence-electron chi connectivity index (χ0n) is 16.5. The molecule has 2 aromatic rings. The minimum absolute atomic E-state index is 0.0389. The highest BCUT2D eigenvalue weighted by atomic mass is 35.5. The molecule has 0 spiro atoms.